The van der Waals surface area contributed by atoms with Gasteiger partial charge >= 0.3 is 0 Å². The van der Waals surface area contributed by atoms with E-state index in [1.54, 1.807) is 13.3 Å². The van der Waals surface area contributed by atoms with Gasteiger partial charge in [-0.3, -0.25) is 4.79 Å². The number of nitrogens with zero attached hydrogens (tertiary/aromatic N) is 1. The first-order valence-electron chi connectivity index (χ1n) is 10.4. The molecule has 7 heteroatoms. The van der Waals surface area contributed by atoms with E-state index in [0.717, 1.165) is 37.9 Å². The molecular formula is C21H41N5O2. The van der Waals surface area contributed by atoms with Crippen molar-refractivity contribution in [2.75, 3.05) is 54.0 Å². The van der Waals surface area contributed by atoms with Gasteiger partial charge in [0.1, 0.15) is 0 Å². The highest BCUT2D eigenvalue weighted by Gasteiger charge is 2.42. The zero-order valence-corrected chi connectivity index (χ0v) is 18.4. The lowest BCUT2D eigenvalue weighted by Crippen LogP contribution is -2.45. The van der Waals surface area contributed by atoms with Gasteiger partial charge in [0.05, 0.1) is 0 Å². The zero-order valence-electron chi connectivity index (χ0n) is 18.4. The SMILES string of the molecule is CNCCN(C)C/C(=C/N)C(=N)C1CCC(C)(C)C(C(=O)NCCCOC)C1. The summed E-state index contributed by atoms with van der Waals surface area (Å²) in [6.45, 7) is 8.05. The Morgan fingerprint density at radius 1 is 1.39 bits per heavy atom. The lowest BCUT2D eigenvalue weighted by molar-refractivity contribution is -0.130. The fourth-order valence-electron chi connectivity index (χ4n) is 3.88. The highest BCUT2D eigenvalue weighted by Crippen LogP contribution is 2.44. The summed E-state index contributed by atoms with van der Waals surface area (Å²) in [4.78, 5) is 15.0. The number of hydrogen-bond donors (Lipinski definition) is 4. The second-order valence-electron chi connectivity index (χ2n) is 8.60. The van der Waals surface area contributed by atoms with Crippen molar-refractivity contribution in [3.8, 4) is 0 Å². The van der Waals surface area contributed by atoms with Gasteiger partial charge in [-0.2, -0.15) is 0 Å². The predicted molar refractivity (Wildman–Crippen MR) is 116 cm³/mol. The Balaban J connectivity index is 2.72. The molecule has 0 aromatic heterocycles. The van der Waals surface area contributed by atoms with Crippen molar-refractivity contribution in [2.45, 2.75) is 39.5 Å². The van der Waals surface area contributed by atoms with Crippen LogP contribution in [0.15, 0.2) is 11.8 Å². The van der Waals surface area contributed by atoms with E-state index in [1.165, 1.54) is 0 Å². The number of likely N-dealkylation sites (N-methyl/N-ethyl adjacent to an activating group) is 2. The normalized spacial score (nSPS) is 22.3. The van der Waals surface area contributed by atoms with Crippen LogP contribution in [-0.4, -0.2) is 70.5 Å². The molecule has 1 aliphatic rings. The number of rotatable bonds is 12. The summed E-state index contributed by atoms with van der Waals surface area (Å²) in [5.41, 5.74) is 7.26. The van der Waals surface area contributed by atoms with Crippen LogP contribution in [0, 0.1) is 22.7 Å². The second-order valence-corrected chi connectivity index (χ2v) is 8.60. The number of carbonyl (C=O) groups excluding carboxylic acids is 1. The molecular weight excluding hydrogens is 354 g/mol. The minimum Gasteiger partial charge on any atom is -0.404 e. The Hall–Kier alpha value is -1.44. The van der Waals surface area contributed by atoms with E-state index in [2.05, 4.69) is 29.4 Å². The molecule has 1 amide bonds. The Morgan fingerprint density at radius 2 is 2.11 bits per heavy atom. The molecule has 5 N–H and O–H groups in total. The molecule has 1 rings (SSSR count). The number of carbonyl (C=O) groups is 1. The van der Waals surface area contributed by atoms with Gasteiger partial charge in [0.2, 0.25) is 5.91 Å². The van der Waals surface area contributed by atoms with Crippen molar-refractivity contribution in [1.82, 2.24) is 15.5 Å². The molecule has 28 heavy (non-hydrogen) atoms. The van der Waals surface area contributed by atoms with Crippen molar-refractivity contribution in [2.24, 2.45) is 23.0 Å². The molecule has 0 radical (unpaired) electrons. The van der Waals surface area contributed by atoms with E-state index >= 15 is 0 Å². The predicted octanol–water partition coefficient (Wildman–Crippen LogP) is 1.60. The maximum atomic E-state index is 12.8. The molecule has 2 atom stereocenters. The maximum absolute atomic E-state index is 12.8. The van der Waals surface area contributed by atoms with Crippen LogP contribution in [0.2, 0.25) is 0 Å². The lowest BCUT2D eigenvalue weighted by Gasteiger charge is -2.41. The molecule has 1 fully saturated rings. The molecule has 2 unspecified atom stereocenters. The number of amides is 1. The fourth-order valence-corrected chi connectivity index (χ4v) is 3.88. The summed E-state index contributed by atoms with van der Waals surface area (Å²) in [7, 11) is 5.63. The minimum absolute atomic E-state index is 0.0572. The molecule has 0 aliphatic heterocycles. The molecule has 0 saturated heterocycles. The highest BCUT2D eigenvalue weighted by molar-refractivity contribution is 6.00. The molecule has 1 aliphatic carbocycles. The van der Waals surface area contributed by atoms with Crippen molar-refractivity contribution < 1.29 is 9.53 Å². The third kappa shape index (κ3) is 7.53. The molecule has 0 aromatic rings. The van der Waals surface area contributed by atoms with Crippen molar-refractivity contribution in [3.63, 3.8) is 0 Å². The van der Waals surface area contributed by atoms with Crippen molar-refractivity contribution in [1.29, 1.82) is 5.41 Å². The lowest BCUT2D eigenvalue weighted by atomic mass is 9.63. The zero-order chi connectivity index (χ0) is 21.2. The topological polar surface area (TPSA) is 103 Å². The van der Waals surface area contributed by atoms with Crippen LogP contribution >= 0.6 is 0 Å². The fraction of sp³-hybridized carbons (Fsp3) is 0.810. The standard InChI is InChI=1S/C21H41N5O2/c1-21(2)8-7-16(13-18(21)20(27)25-9-6-12-28-5)19(23)17(14-22)15-26(4)11-10-24-3/h14,16,18,23-24H,6-13,15,22H2,1-5H3,(H,25,27)/b17-14-,23-19?. The van der Waals surface area contributed by atoms with E-state index < -0.39 is 0 Å². The summed E-state index contributed by atoms with van der Waals surface area (Å²) in [5.74, 6) is 0.0912. The molecule has 0 heterocycles. The maximum Gasteiger partial charge on any atom is 0.223 e. The van der Waals surface area contributed by atoms with Gasteiger partial charge in [-0.15, -0.1) is 0 Å². The van der Waals surface area contributed by atoms with Gasteiger partial charge in [0.15, 0.2) is 0 Å². The first kappa shape index (κ1) is 24.6. The number of nitrogens with one attached hydrogen (secondary N) is 3. The largest absolute Gasteiger partial charge is 0.404 e. The summed E-state index contributed by atoms with van der Waals surface area (Å²) in [6, 6.07) is 0. The van der Waals surface area contributed by atoms with Gasteiger partial charge in [-0.05, 0) is 45.2 Å². The van der Waals surface area contributed by atoms with E-state index in [-0.39, 0.29) is 23.2 Å². The van der Waals surface area contributed by atoms with Gasteiger partial charge in [-0.25, -0.2) is 0 Å². The van der Waals surface area contributed by atoms with Gasteiger partial charge < -0.3 is 31.4 Å². The third-order valence-corrected chi connectivity index (χ3v) is 5.88. The third-order valence-electron chi connectivity index (χ3n) is 5.88. The Morgan fingerprint density at radius 3 is 2.71 bits per heavy atom. The molecule has 1 saturated carbocycles. The van der Waals surface area contributed by atoms with Crippen molar-refractivity contribution >= 4 is 11.6 Å². The summed E-state index contributed by atoms with van der Waals surface area (Å²) in [5, 5.41) is 14.9. The number of nitrogens with two attached hydrogens (primary N) is 1. The van der Waals surface area contributed by atoms with Crippen LogP contribution in [0.5, 0.6) is 0 Å². The minimum atomic E-state index is -0.0878. The van der Waals surface area contributed by atoms with Crippen LogP contribution in [-0.2, 0) is 9.53 Å². The second kappa shape index (κ2) is 12.2. The molecule has 7 nitrogen and oxygen atoms in total. The Bertz CT molecular complexity index is 533. The monoisotopic (exact) mass is 395 g/mol. The number of methoxy groups -OCH3 is 1. The van der Waals surface area contributed by atoms with Gasteiger partial charge in [-0.1, -0.05) is 13.8 Å². The van der Waals surface area contributed by atoms with Gasteiger partial charge in [0.25, 0.3) is 0 Å². The smallest absolute Gasteiger partial charge is 0.223 e. The average Bonchev–Trinajstić information content (AvgIpc) is 2.66. The average molecular weight is 396 g/mol. The first-order valence-corrected chi connectivity index (χ1v) is 10.4. The van der Waals surface area contributed by atoms with Crippen LogP contribution in [0.4, 0.5) is 0 Å². The van der Waals surface area contributed by atoms with E-state index in [1.807, 2.05) is 14.1 Å². The highest BCUT2D eigenvalue weighted by atomic mass is 16.5. The van der Waals surface area contributed by atoms with E-state index in [4.69, 9.17) is 15.9 Å². The summed E-state index contributed by atoms with van der Waals surface area (Å²) in [6.07, 6.45) is 4.95. The Labute approximate surface area is 171 Å². The first-order chi connectivity index (χ1) is 13.3. The van der Waals surface area contributed by atoms with E-state index in [0.29, 0.717) is 31.8 Å². The quantitative estimate of drug-likeness (QED) is 0.297. The molecule has 0 spiro atoms. The molecule has 162 valence electrons. The summed E-state index contributed by atoms with van der Waals surface area (Å²) < 4.78 is 5.05. The van der Waals surface area contributed by atoms with Crippen LogP contribution in [0.1, 0.15) is 39.5 Å². The number of hydrogen-bond acceptors (Lipinski definition) is 6. The molecule has 0 aromatic carbocycles. The summed E-state index contributed by atoms with van der Waals surface area (Å²) >= 11 is 0. The van der Waals surface area contributed by atoms with Crippen LogP contribution in [0.25, 0.3) is 0 Å². The van der Waals surface area contributed by atoms with Crippen LogP contribution < -0.4 is 16.4 Å². The molecule has 0 bridgehead atoms. The van der Waals surface area contributed by atoms with E-state index in [9.17, 15) is 4.79 Å². The Kier molecular flexibility index (Phi) is 10.7. The number of ether oxygens (including phenoxy) is 1. The van der Waals surface area contributed by atoms with Crippen LogP contribution in [0.3, 0.4) is 0 Å². The van der Waals surface area contributed by atoms with Crippen molar-refractivity contribution in [3.05, 3.63) is 11.8 Å². The van der Waals surface area contributed by atoms with Gasteiger partial charge in [0, 0.05) is 69.2 Å².